The summed E-state index contributed by atoms with van der Waals surface area (Å²) in [5.74, 6) is 0. The first-order valence-electron chi connectivity index (χ1n) is 3.78. The van der Waals surface area contributed by atoms with E-state index in [1.54, 1.807) is 0 Å². The minimum Gasteiger partial charge on any atom is -0.379 e. The van der Waals surface area contributed by atoms with Gasteiger partial charge in [0.25, 0.3) is 0 Å². The van der Waals surface area contributed by atoms with Crippen LogP contribution in [-0.2, 0) is 9.47 Å². The van der Waals surface area contributed by atoms with Crippen molar-refractivity contribution >= 4 is 34.8 Å². The summed E-state index contributed by atoms with van der Waals surface area (Å²) in [6.45, 7) is 4.23. The third-order valence-electron chi connectivity index (χ3n) is 1.11. The van der Waals surface area contributed by atoms with E-state index in [0.29, 0.717) is 32.8 Å². The van der Waals surface area contributed by atoms with Crippen molar-refractivity contribution in [2.45, 2.75) is 17.1 Å². The molecule has 0 saturated heterocycles. The normalized spacial score (nSPS) is 12.0. The van der Waals surface area contributed by atoms with E-state index in [4.69, 9.17) is 44.3 Å². The van der Waals surface area contributed by atoms with Gasteiger partial charge in [0.15, 0.2) is 3.79 Å². The quantitative estimate of drug-likeness (QED) is 0.521. The summed E-state index contributed by atoms with van der Waals surface area (Å²) < 4.78 is 8.97. The Morgan fingerprint density at radius 2 is 1.58 bits per heavy atom. The molecule has 0 unspecified atom stereocenters. The van der Waals surface area contributed by atoms with Gasteiger partial charge in [-0.2, -0.15) is 0 Å². The first kappa shape index (κ1) is 12.8. The van der Waals surface area contributed by atoms with Crippen LogP contribution in [0.1, 0.15) is 13.3 Å². The van der Waals surface area contributed by atoms with Crippen LogP contribution in [0.15, 0.2) is 0 Å². The molecule has 12 heavy (non-hydrogen) atoms. The van der Waals surface area contributed by atoms with Gasteiger partial charge in [-0.25, -0.2) is 0 Å². The van der Waals surface area contributed by atoms with Crippen molar-refractivity contribution in [1.29, 1.82) is 0 Å². The van der Waals surface area contributed by atoms with Crippen molar-refractivity contribution in [3.8, 4) is 0 Å². The van der Waals surface area contributed by atoms with Crippen LogP contribution in [-0.4, -0.2) is 30.2 Å². The summed E-state index contributed by atoms with van der Waals surface area (Å²) in [7, 11) is 0. The van der Waals surface area contributed by atoms with Gasteiger partial charge in [0.05, 0.1) is 19.8 Å². The second-order valence-corrected chi connectivity index (χ2v) is 4.69. The maximum atomic E-state index is 5.49. The highest BCUT2D eigenvalue weighted by Gasteiger charge is 2.18. The van der Waals surface area contributed by atoms with Gasteiger partial charge in [0.2, 0.25) is 0 Å². The average Bonchev–Trinajstić information content (AvgIpc) is 1.94. The molecule has 0 aromatic heterocycles. The molecule has 0 aromatic carbocycles. The van der Waals surface area contributed by atoms with Crippen molar-refractivity contribution in [1.82, 2.24) is 0 Å². The Hall–Kier alpha value is 0.790. The second-order valence-electron chi connectivity index (χ2n) is 2.17. The minimum atomic E-state index is -1.20. The molecule has 0 N–H and O–H groups in total. The Kier molecular flexibility index (Phi) is 7.69. The Balaban J connectivity index is 3.01. The molecule has 0 saturated carbocycles. The smallest absolute Gasteiger partial charge is 0.192 e. The zero-order valence-electron chi connectivity index (χ0n) is 6.99. The average molecular weight is 236 g/mol. The first-order valence-corrected chi connectivity index (χ1v) is 4.92. The molecule has 0 bridgehead atoms. The lowest BCUT2D eigenvalue weighted by Gasteiger charge is -2.10. The number of hydrogen-bond donors (Lipinski definition) is 0. The van der Waals surface area contributed by atoms with Crippen LogP contribution in [0.3, 0.4) is 0 Å². The van der Waals surface area contributed by atoms with Gasteiger partial charge in [-0.1, -0.05) is 34.8 Å². The van der Waals surface area contributed by atoms with Gasteiger partial charge in [0.1, 0.15) is 0 Å². The molecule has 0 fully saturated rings. The third kappa shape index (κ3) is 10.8. The van der Waals surface area contributed by atoms with E-state index in [9.17, 15) is 0 Å². The van der Waals surface area contributed by atoms with Gasteiger partial charge in [0, 0.05) is 13.0 Å². The van der Waals surface area contributed by atoms with Gasteiger partial charge in [-0.15, -0.1) is 0 Å². The van der Waals surface area contributed by atoms with Crippen LogP contribution in [0, 0.1) is 0 Å². The molecular weight excluding hydrogens is 222 g/mol. The van der Waals surface area contributed by atoms with Crippen LogP contribution in [0.25, 0.3) is 0 Å². The van der Waals surface area contributed by atoms with Crippen LogP contribution in [0.2, 0.25) is 0 Å². The molecule has 74 valence electrons. The molecule has 0 radical (unpaired) electrons. The Labute approximate surface area is 88.1 Å². The largest absolute Gasteiger partial charge is 0.379 e. The lowest BCUT2D eigenvalue weighted by atomic mass is 10.5. The van der Waals surface area contributed by atoms with Crippen molar-refractivity contribution in [2.75, 3.05) is 26.4 Å². The molecule has 0 amide bonds. The fourth-order valence-electron chi connectivity index (χ4n) is 0.552. The summed E-state index contributed by atoms with van der Waals surface area (Å²) in [4.78, 5) is 0. The number of ether oxygens (including phenoxy) is 2. The molecule has 5 heteroatoms. The van der Waals surface area contributed by atoms with Crippen molar-refractivity contribution in [3.63, 3.8) is 0 Å². The maximum absolute atomic E-state index is 5.49. The molecule has 0 aliphatic heterocycles. The summed E-state index contributed by atoms with van der Waals surface area (Å²) in [6.07, 6.45) is 0.407. The first-order chi connectivity index (χ1) is 5.56. The van der Waals surface area contributed by atoms with Crippen LogP contribution in [0.4, 0.5) is 0 Å². The molecule has 2 nitrogen and oxygen atoms in total. The highest BCUT2D eigenvalue weighted by Crippen LogP contribution is 2.29. The SMILES string of the molecule is CCOCCOCCC(Cl)(Cl)Cl. The highest BCUT2D eigenvalue weighted by atomic mass is 35.6. The summed E-state index contributed by atoms with van der Waals surface area (Å²) >= 11 is 16.5. The number of hydrogen-bond acceptors (Lipinski definition) is 2. The van der Waals surface area contributed by atoms with Crippen LogP contribution < -0.4 is 0 Å². The Morgan fingerprint density at radius 3 is 2.08 bits per heavy atom. The van der Waals surface area contributed by atoms with E-state index in [-0.39, 0.29) is 0 Å². The number of rotatable bonds is 6. The van der Waals surface area contributed by atoms with E-state index in [0.717, 1.165) is 0 Å². The second kappa shape index (κ2) is 7.22. The number of alkyl halides is 3. The molecule has 0 atom stereocenters. The molecule has 0 spiro atoms. The Morgan fingerprint density at radius 1 is 1.00 bits per heavy atom. The van der Waals surface area contributed by atoms with E-state index in [2.05, 4.69) is 0 Å². The summed E-state index contributed by atoms with van der Waals surface area (Å²) in [5, 5.41) is 0. The molecule has 0 rings (SSSR count). The van der Waals surface area contributed by atoms with E-state index in [1.165, 1.54) is 0 Å². The van der Waals surface area contributed by atoms with Gasteiger partial charge in [-0.3, -0.25) is 0 Å². The summed E-state index contributed by atoms with van der Waals surface area (Å²) in [6, 6.07) is 0. The molecule has 0 aromatic rings. The molecular formula is C7H13Cl3O2. The van der Waals surface area contributed by atoms with E-state index < -0.39 is 3.79 Å². The zero-order chi connectivity index (χ0) is 9.45. The number of halogens is 3. The van der Waals surface area contributed by atoms with Crippen molar-refractivity contribution < 1.29 is 9.47 Å². The van der Waals surface area contributed by atoms with E-state index in [1.807, 2.05) is 6.92 Å². The standard InChI is InChI=1S/C7H13Cl3O2/c1-2-11-5-6-12-4-3-7(8,9)10/h2-6H2,1H3. The Bertz CT molecular complexity index is 103. The molecule has 0 aliphatic carbocycles. The fourth-order valence-corrected chi connectivity index (χ4v) is 0.784. The third-order valence-corrected chi connectivity index (χ3v) is 1.67. The van der Waals surface area contributed by atoms with Crippen LogP contribution in [0.5, 0.6) is 0 Å². The van der Waals surface area contributed by atoms with Gasteiger partial charge in [-0.05, 0) is 6.92 Å². The van der Waals surface area contributed by atoms with E-state index >= 15 is 0 Å². The maximum Gasteiger partial charge on any atom is 0.192 e. The lowest BCUT2D eigenvalue weighted by Crippen LogP contribution is -2.10. The van der Waals surface area contributed by atoms with Crippen molar-refractivity contribution in [3.05, 3.63) is 0 Å². The minimum absolute atomic E-state index is 0.407. The fraction of sp³-hybridized carbons (Fsp3) is 1.00. The highest BCUT2D eigenvalue weighted by molar-refractivity contribution is 6.67. The predicted molar refractivity (Wildman–Crippen MR) is 52.2 cm³/mol. The molecule has 0 aliphatic rings. The van der Waals surface area contributed by atoms with Crippen LogP contribution >= 0.6 is 34.8 Å². The molecule has 0 heterocycles. The topological polar surface area (TPSA) is 18.5 Å². The predicted octanol–water partition coefficient (Wildman–Crippen LogP) is 2.80. The monoisotopic (exact) mass is 234 g/mol. The summed E-state index contributed by atoms with van der Waals surface area (Å²) in [5.41, 5.74) is 0. The van der Waals surface area contributed by atoms with Gasteiger partial charge >= 0.3 is 0 Å². The van der Waals surface area contributed by atoms with Gasteiger partial charge < -0.3 is 9.47 Å². The van der Waals surface area contributed by atoms with Crippen molar-refractivity contribution in [2.24, 2.45) is 0 Å². The lowest BCUT2D eigenvalue weighted by molar-refractivity contribution is 0.0522. The zero-order valence-corrected chi connectivity index (χ0v) is 9.25.